The van der Waals surface area contributed by atoms with Crippen LogP contribution in [0, 0.1) is 0 Å². The molecule has 0 spiro atoms. The van der Waals surface area contributed by atoms with Gasteiger partial charge in [0.05, 0.1) is 0 Å². The molecule has 0 radical (unpaired) electrons. The molecule has 3 rings (SSSR count). The Balaban J connectivity index is 1.71. The predicted octanol–water partition coefficient (Wildman–Crippen LogP) is 2.83. The second-order valence-electron chi connectivity index (χ2n) is 7.15. The summed E-state index contributed by atoms with van der Waals surface area (Å²) in [5.74, 6) is -1.12. The summed E-state index contributed by atoms with van der Waals surface area (Å²) in [6.07, 6.45) is 1.12. The van der Waals surface area contributed by atoms with E-state index in [1.54, 1.807) is 36.4 Å². The van der Waals surface area contributed by atoms with Crippen LogP contribution in [0.15, 0.2) is 54.6 Å². The molecule has 156 valence electrons. The van der Waals surface area contributed by atoms with Gasteiger partial charge in [-0.05, 0) is 36.2 Å². The lowest BCUT2D eigenvalue weighted by atomic mass is 9.85. The molecule has 0 bridgehead atoms. The molecule has 0 unspecified atom stereocenters. The van der Waals surface area contributed by atoms with E-state index >= 15 is 0 Å². The molecule has 2 aromatic rings. The van der Waals surface area contributed by atoms with Gasteiger partial charge in [0.25, 0.3) is 5.91 Å². The Hall–Kier alpha value is -3.68. The van der Waals surface area contributed by atoms with Crippen molar-refractivity contribution in [3.05, 3.63) is 60.2 Å². The zero-order chi connectivity index (χ0) is 21.7. The lowest BCUT2D eigenvalue weighted by molar-refractivity contribution is -0.134. The number of carbonyl (C=O) groups excluding carboxylic acids is 4. The lowest BCUT2D eigenvalue weighted by Crippen LogP contribution is -2.44. The molecular weight excluding hydrogens is 384 g/mol. The molecule has 30 heavy (non-hydrogen) atoms. The van der Waals surface area contributed by atoms with E-state index in [1.807, 2.05) is 25.1 Å². The van der Waals surface area contributed by atoms with Crippen LogP contribution in [-0.4, -0.2) is 35.2 Å². The van der Waals surface area contributed by atoms with Gasteiger partial charge in [0.1, 0.15) is 12.1 Å². The van der Waals surface area contributed by atoms with Crippen molar-refractivity contribution in [2.45, 2.75) is 32.2 Å². The van der Waals surface area contributed by atoms with Crippen LogP contribution in [0.4, 0.5) is 16.2 Å². The number of carbonyl (C=O) groups is 4. The highest BCUT2D eigenvalue weighted by Crippen LogP contribution is 2.33. The van der Waals surface area contributed by atoms with Crippen molar-refractivity contribution in [2.75, 3.05) is 17.2 Å². The summed E-state index contributed by atoms with van der Waals surface area (Å²) in [4.78, 5) is 50.2. The molecule has 1 saturated heterocycles. The lowest BCUT2D eigenvalue weighted by Gasteiger charge is -2.26. The fourth-order valence-corrected chi connectivity index (χ4v) is 3.56. The van der Waals surface area contributed by atoms with Crippen LogP contribution >= 0.6 is 0 Å². The van der Waals surface area contributed by atoms with Crippen molar-refractivity contribution in [3.63, 3.8) is 0 Å². The van der Waals surface area contributed by atoms with E-state index in [-0.39, 0.29) is 5.91 Å². The molecule has 3 N–H and O–H groups in total. The zero-order valence-corrected chi connectivity index (χ0v) is 16.9. The third kappa shape index (κ3) is 4.32. The first-order valence-corrected chi connectivity index (χ1v) is 9.73. The van der Waals surface area contributed by atoms with E-state index < -0.39 is 29.9 Å². The summed E-state index contributed by atoms with van der Waals surface area (Å²) in [6.45, 7) is 2.95. The van der Waals surface area contributed by atoms with Gasteiger partial charge in [-0.2, -0.15) is 0 Å². The van der Waals surface area contributed by atoms with E-state index in [2.05, 4.69) is 16.0 Å². The maximum atomic E-state index is 13.2. The summed E-state index contributed by atoms with van der Waals surface area (Å²) < 4.78 is 0. The monoisotopic (exact) mass is 408 g/mol. The Kier molecular flexibility index (Phi) is 6.15. The second kappa shape index (κ2) is 8.77. The second-order valence-corrected chi connectivity index (χ2v) is 7.15. The highest BCUT2D eigenvalue weighted by Gasteiger charge is 2.52. The van der Waals surface area contributed by atoms with Crippen molar-refractivity contribution in [2.24, 2.45) is 0 Å². The number of nitrogens with zero attached hydrogens (tertiary/aromatic N) is 1. The van der Waals surface area contributed by atoms with Crippen molar-refractivity contribution in [3.8, 4) is 0 Å². The van der Waals surface area contributed by atoms with Gasteiger partial charge in [-0.15, -0.1) is 0 Å². The maximum absolute atomic E-state index is 13.2. The number of amides is 5. The average Bonchev–Trinajstić information content (AvgIpc) is 2.95. The molecule has 1 atom stereocenters. The van der Waals surface area contributed by atoms with E-state index in [0.717, 1.165) is 4.90 Å². The highest BCUT2D eigenvalue weighted by molar-refractivity contribution is 6.10. The van der Waals surface area contributed by atoms with E-state index in [9.17, 15) is 19.2 Å². The Labute approximate surface area is 174 Å². The van der Waals surface area contributed by atoms with Gasteiger partial charge in [-0.25, -0.2) is 4.79 Å². The van der Waals surface area contributed by atoms with Crippen LogP contribution in [0.3, 0.4) is 0 Å². The topological polar surface area (TPSA) is 108 Å². The molecule has 1 fully saturated rings. The van der Waals surface area contributed by atoms with Gasteiger partial charge in [0.2, 0.25) is 11.8 Å². The predicted molar refractivity (Wildman–Crippen MR) is 113 cm³/mol. The van der Waals surface area contributed by atoms with Gasteiger partial charge in [0, 0.05) is 18.3 Å². The molecule has 8 heteroatoms. The standard InChI is InChI=1S/C22H24N4O4/c1-3-13-22(16-7-5-4-6-8-16)20(29)26(21(30)25-22)14-19(28)24-18-11-9-17(10-12-18)23-15(2)27/h4-12H,3,13-14H2,1-2H3,(H,23,27)(H,24,28)(H,25,30)/t22-/m0/s1. The fraction of sp³-hybridized carbons (Fsp3) is 0.273. The van der Waals surface area contributed by atoms with Gasteiger partial charge in [-0.1, -0.05) is 43.7 Å². The van der Waals surface area contributed by atoms with E-state index in [0.29, 0.717) is 29.8 Å². The summed E-state index contributed by atoms with van der Waals surface area (Å²) in [7, 11) is 0. The van der Waals surface area contributed by atoms with Gasteiger partial charge < -0.3 is 16.0 Å². The molecule has 0 aliphatic carbocycles. The molecule has 1 heterocycles. The molecule has 0 aromatic heterocycles. The Morgan fingerprint density at radius 3 is 2.13 bits per heavy atom. The molecule has 0 saturated carbocycles. The van der Waals surface area contributed by atoms with Crippen molar-refractivity contribution in [1.29, 1.82) is 0 Å². The molecule has 1 aliphatic heterocycles. The van der Waals surface area contributed by atoms with E-state index in [4.69, 9.17) is 0 Å². The normalized spacial score (nSPS) is 18.1. The summed E-state index contributed by atoms with van der Waals surface area (Å²) in [5, 5.41) is 8.10. The average molecular weight is 408 g/mol. The Morgan fingerprint density at radius 2 is 1.57 bits per heavy atom. The van der Waals surface area contributed by atoms with Gasteiger partial charge in [0.15, 0.2) is 0 Å². The minimum absolute atomic E-state index is 0.195. The minimum atomic E-state index is -1.16. The first kappa shape index (κ1) is 21.0. The number of urea groups is 1. The number of nitrogens with one attached hydrogen (secondary N) is 3. The number of rotatable bonds is 7. The molecule has 2 aromatic carbocycles. The first-order valence-electron chi connectivity index (χ1n) is 9.73. The van der Waals surface area contributed by atoms with Crippen LogP contribution < -0.4 is 16.0 Å². The van der Waals surface area contributed by atoms with Crippen LogP contribution in [0.25, 0.3) is 0 Å². The summed E-state index contributed by atoms with van der Waals surface area (Å²) in [5.41, 5.74) is 0.625. The number of benzene rings is 2. The third-order valence-corrected chi connectivity index (χ3v) is 4.86. The van der Waals surface area contributed by atoms with Crippen LogP contribution in [0.5, 0.6) is 0 Å². The fourth-order valence-electron chi connectivity index (χ4n) is 3.56. The molecular formula is C22H24N4O4. The number of anilines is 2. The minimum Gasteiger partial charge on any atom is -0.326 e. The summed E-state index contributed by atoms with van der Waals surface area (Å²) >= 11 is 0. The molecule has 8 nitrogen and oxygen atoms in total. The zero-order valence-electron chi connectivity index (χ0n) is 16.9. The Bertz CT molecular complexity index is 959. The molecule has 1 aliphatic rings. The van der Waals surface area contributed by atoms with Crippen molar-refractivity contribution in [1.82, 2.24) is 10.2 Å². The SMILES string of the molecule is CCC[C@@]1(c2ccccc2)NC(=O)N(CC(=O)Nc2ccc(NC(C)=O)cc2)C1=O. The van der Waals surface area contributed by atoms with Crippen LogP contribution in [-0.2, 0) is 19.9 Å². The smallest absolute Gasteiger partial charge is 0.325 e. The number of hydrogen-bond acceptors (Lipinski definition) is 4. The van der Waals surface area contributed by atoms with E-state index in [1.165, 1.54) is 6.92 Å². The number of hydrogen-bond donors (Lipinski definition) is 3. The quantitative estimate of drug-likeness (QED) is 0.612. The van der Waals surface area contributed by atoms with Crippen molar-refractivity contribution < 1.29 is 19.2 Å². The van der Waals surface area contributed by atoms with Crippen LogP contribution in [0.1, 0.15) is 32.3 Å². The maximum Gasteiger partial charge on any atom is 0.325 e. The van der Waals surface area contributed by atoms with Gasteiger partial charge >= 0.3 is 6.03 Å². The third-order valence-electron chi connectivity index (χ3n) is 4.86. The van der Waals surface area contributed by atoms with Gasteiger partial charge in [-0.3, -0.25) is 19.3 Å². The number of imide groups is 1. The van der Waals surface area contributed by atoms with Crippen molar-refractivity contribution >= 4 is 35.1 Å². The highest BCUT2D eigenvalue weighted by atomic mass is 16.2. The Morgan fingerprint density at radius 1 is 0.967 bits per heavy atom. The summed E-state index contributed by atoms with van der Waals surface area (Å²) in [6, 6.07) is 15.0. The molecule has 5 amide bonds. The van der Waals surface area contributed by atoms with Crippen LogP contribution in [0.2, 0.25) is 0 Å². The first-order chi connectivity index (χ1) is 14.4. The largest absolute Gasteiger partial charge is 0.326 e.